The minimum Gasteiger partial charge on any atom is -0.497 e. The summed E-state index contributed by atoms with van der Waals surface area (Å²) < 4.78 is 16.7. The van der Waals surface area contributed by atoms with Crippen LogP contribution in [0.2, 0.25) is 0 Å². The van der Waals surface area contributed by atoms with E-state index in [9.17, 15) is 9.00 Å². The first-order valence-corrected chi connectivity index (χ1v) is 6.11. The van der Waals surface area contributed by atoms with Crippen molar-refractivity contribution in [3.05, 3.63) is 24.3 Å². The van der Waals surface area contributed by atoms with Gasteiger partial charge in [-0.15, -0.1) is 0 Å². The largest absolute Gasteiger partial charge is 0.497 e. The normalized spacial score (nSPS) is 14.1. The first-order valence-electron chi connectivity index (χ1n) is 4.80. The van der Waals surface area contributed by atoms with Crippen LogP contribution in [0.4, 0.5) is 0 Å². The second kappa shape index (κ2) is 5.65. The Morgan fingerprint density at radius 1 is 1.44 bits per heavy atom. The van der Waals surface area contributed by atoms with Crippen LogP contribution in [0.5, 0.6) is 5.75 Å². The van der Waals surface area contributed by atoms with Crippen molar-refractivity contribution in [1.82, 2.24) is 0 Å². The van der Waals surface area contributed by atoms with E-state index >= 15 is 0 Å². The van der Waals surface area contributed by atoms with Gasteiger partial charge in [-0.25, -0.2) is 0 Å². The molecule has 0 heterocycles. The van der Waals surface area contributed by atoms with Gasteiger partial charge in [-0.05, 0) is 24.3 Å². The number of carbonyl (C=O) groups is 1. The van der Waals surface area contributed by atoms with Crippen LogP contribution >= 0.6 is 0 Å². The number of benzene rings is 1. The van der Waals surface area contributed by atoms with Gasteiger partial charge in [0.15, 0.2) is 0 Å². The fourth-order valence-corrected chi connectivity index (χ4v) is 2.35. The summed E-state index contributed by atoms with van der Waals surface area (Å²) in [5.74, 6) is -0.724. The molecule has 2 unspecified atom stereocenters. The molecular formula is C11H14O4S. The fraction of sp³-hybridized carbons (Fsp3) is 0.364. The molecule has 0 fully saturated rings. The lowest BCUT2D eigenvalue weighted by molar-refractivity contribution is -0.140. The molecule has 1 aromatic rings. The second-order valence-electron chi connectivity index (χ2n) is 3.43. The number of hydrogen-bond acceptors (Lipinski definition) is 3. The molecular weight excluding hydrogens is 228 g/mol. The molecule has 2 atom stereocenters. The van der Waals surface area contributed by atoms with E-state index in [4.69, 9.17) is 9.84 Å². The third-order valence-electron chi connectivity index (χ3n) is 2.15. The highest BCUT2D eigenvalue weighted by Crippen LogP contribution is 2.15. The molecule has 1 N–H and O–H groups in total. The van der Waals surface area contributed by atoms with E-state index in [2.05, 4.69) is 0 Å². The van der Waals surface area contributed by atoms with E-state index in [1.165, 1.54) is 0 Å². The summed E-state index contributed by atoms with van der Waals surface area (Å²) in [4.78, 5) is 11.2. The highest BCUT2D eigenvalue weighted by Gasteiger charge is 2.15. The van der Waals surface area contributed by atoms with E-state index in [0.717, 1.165) is 0 Å². The van der Waals surface area contributed by atoms with Gasteiger partial charge in [-0.3, -0.25) is 9.00 Å². The highest BCUT2D eigenvalue weighted by molar-refractivity contribution is 7.85. The van der Waals surface area contributed by atoms with Crippen molar-refractivity contribution in [2.24, 2.45) is 5.92 Å². The number of aliphatic carboxylic acids is 1. The Balaban J connectivity index is 2.69. The molecule has 0 aliphatic rings. The van der Waals surface area contributed by atoms with Crippen molar-refractivity contribution in [1.29, 1.82) is 0 Å². The minimum atomic E-state index is -1.28. The average molecular weight is 242 g/mol. The molecule has 4 nitrogen and oxygen atoms in total. The van der Waals surface area contributed by atoms with Crippen LogP contribution < -0.4 is 4.74 Å². The number of methoxy groups -OCH3 is 1. The lowest BCUT2D eigenvalue weighted by atomic mass is 10.2. The quantitative estimate of drug-likeness (QED) is 0.850. The molecule has 0 saturated carbocycles. The Morgan fingerprint density at radius 2 is 2.00 bits per heavy atom. The van der Waals surface area contributed by atoms with Gasteiger partial charge < -0.3 is 9.84 Å². The SMILES string of the molecule is COc1ccc(S(=O)CC(C)C(=O)O)cc1. The molecule has 0 aliphatic carbocycles. The summed E-state index contributed by atoms with van der Waals surface area (Å²) in [6.45, 7) is 1.55. The second-order valence-corrected chi connectivity index (χ2v) is 4.92. The molecule has 0 spiro atoms. The zero-order valence-corrected chi connectivity index (χ0v) is 9.99. The maximum atomic E-state index is 11.8. The Morgan fingerprint density at radius 3 is 2.44 bits per heavy atom. The third-order valence-corrected chi connectivity index (χ3v) is 3.75. The highest BCUT2D eigenvalue weighted by atomic mass is 32.2. The number of carboxylic acid groups (broad SMARTS) is 1. The summed E-state index contributed by atoms with van der Waals surface area (Å²) >= 11 is 0. The van der Waals surface area contributed by atoms with Crippen molar-refractivity contribution in [3.63, 3.8) is 0 Å². The van der Waals surface area contributed by atoms with Gasteiger partial charge >= 0.3 is 5.97 Å². The first-order chi connectivity index (χ1) is 7.54. The predicted octanol–water partition coefficient (Wildman–Crippen LogP) is 1.52. The Kier molecular flexibility index (Phi) is 4.49. The monoisotopic (exact) mass is 242 g/mol. The summed E-state index contributed by atoms with van der Waals surface area (Å²) in [7, 11) is 0.273. The molecule has 0 bridgehead atoms. The van der Waals surface area contributed by atoms with Gasteiger partial charge in [-0.1, -0.05) is 6.92 Å². The van der Waals surface area contributed by atoms with Gasteiger partial charge in [0.1, 0.15) is 5.75 Å². The molecule has 0 aromatic heterocycles. The van der Waals surface area contributed by atoms with Crippen molar-refractivity contribution in [3.8, 4) is 5.75 Å². The fourth-order valence-electron chi connectivity index (χ4n) is 1.12. The molecule has 0 saturated heterocycles. The van der Waals surface area contributed by atoms with Crippen LogP contribution in [-0.2, 0) is 15.6 Å². The van der Waals surface area contributed by atoms with E-state index in [-0.39, 0.29) is 5.75 Å². The molecule has 0 aliphatic heterocycles. The smallest absolute Gasteiger partial charge is 0.307 e. The third kappa shape index (κ3) is 3.34. The minimum absolute atomic E-state index is 0.127. The Labute approximate surface area is 96.7 Å². The summed E-state index contributed by atoms with van der Waals surface area (Å²) in [5.41, 5.74) is 0. The van der Waals surface area contributed by atoms with Gasteiger partial charge in [0.2, 0.25) is 0 Å². The average Bonchev–Trinajstić information content (AvgIpc) is 2.28. The molecule has 0 radical (unpaired) electrons. The van der Waals surface area contributed by atoms with E-state index in [1.54, 1.807) is 38.3 Å². The van der Waals surface area contributed by atoms with E-state index < -0.39 is 22.7 Å². The van der Waals surface area contributed by atoms with Gasteiger partial charge in [0.05, 0.1) is 23.8 Å². The Bertz CT molecular complexity index is 385. The van der Waals surface area contributed by atoms with Crippen LogP contribution in [0.15, 0.2) is 29.2 Å². The van der Waals surface area contributed by atoms with E-state index in [1.807, 2.05) is 0 Å². The van der Waals surface area contributed by atoms with Crippen LogP contribution in [0.25, 0.3) is 0 Å². The van der Waals surface area contributed by atoms with Crippen molar-refractivity contribution in [2.75, 3.05) is 12.9 Å². The van der Waals surface area contributed by atoms with Crippen LogP contribution in [0, 0.1) is 5.92 Å². The lowest BCUT2D eigenvalue weighted by Crippen LogP contribution is -2.17. The van der Waals surface area contributed by atoms with Gasteiger partial charge in [0, 0.05) is 10.6 Å². The van der Waals surface area contributed by atoms with Gasteiger partial charge in [0.25, 0.3) is 0 Å². The van der Waals surface area contributed by atoms with Crippen molar-refractivity contribution >= 4 is 16.8 Å². The van der Waals surface area contributed by atoms with Crippen LogP contribution in [0.1, 0.15) is 6.92 Å². The maximum absolute atomic E-state index is 11.8. The number of rotatable bonds is 5. The topological polar surface area (TPSA) is 63.6 Å². The first kappa shape index (κ1) is 12.7. The van der Waals surface area contributed by atoms with Gasteiger partial charge in [-0.2, -0.15) is 0 Å². The standard InChI is InChI=1S/C11H14O4S/c1-8(11(12)13)7-16(14)10-5-3-9(15-2)4-6-10/h3-6,8H,7H2,1-2H3,(H,12,13). The number of ether oxygens (including phenoxy) is 1. The van der Waals surface area contributed by atoms with Crippen LogP contribution in [0.3, 0.4) is 0 Å². The number of hydrogen-bond donors (Lipinski definition) is 1. The zero-order chi connectivity index (χ0) is 12.1. The molecule has 16 heavy (non-hydrogen) atoms. The summed E-state index contributed by atoms with van der Waals surface area (Å²) in [6.07, 6.45) is 0. The molecule has 0 amide bonds. The number of carboxylic acids is 1. The van der Waals surface area contributed by atoms with Crippen LogP contribution in [-0.4, -0.2) is 28.1 Å². The Hall–Kier alpha value is -1.36. The molecule has 1 aromatic carbocycles. The summed E-state index contributed by atoms with van der Waals surface area (Å²) in [5, 5.41) is 8.71. The predicted molar refractivity (Wildman–Crippen MR) is 61.1 cm³/mol. The van der Waals surface area contributed by atoms with E-state index in [0.29, 0.717) is 10.6 Å². The maximum Gasteiger partial charge on any atom is 0.307 e. The zero-order valence-electron chi connectivity index (χ0n) is 9.17. The molecule has 88 valence electrons. The summed E-state index contributed by atoms with van der Waals surface area (Å²) in [6, 6.07) is 6.78. The molecule has 5 heteroatoms. The molecule has 1 rings (SSSR count). The van der Waals surface area contributed by atoms with Crippen molar-refractivity contribution < 1.29 is 18.8 Å². The van der Waals surface area contributed by atoms with Crippen molar-refractivity contribution in [2.45, 2.75) is 11.8 Å². The lowest BCUT2D eigenvalue weighted by Gasteiger charge is -2.06.